The first-order chi connectivity index (χ1) is 8.66. The standard InChI is InChI=1S/C12H9Cl3N2O/c13-9-7-10(14)12(17-11(9)15)18-6-4-8-3-1-2-5-16-8/h1-3,5,7H,4,6H2. The highest BCUT2D eigenvalue weighted by molar-refractivity contribution is 6.42. The molecule has 0 unspecified atom stereocenters. The van der Waals surface area contributed by atoms with Crippen LogP contribution in [-0.2, 0) is 6.42 Å². The van der Waals surface area contributed by atoms with Gasteiger partial charge in [-0.1, -0.05) is 40.9 Å². The third-order valence-electron chi connectivity index (χ3n) is 2.18. The maximum Gasteiger partial charge on any atom is 0.234 e. The molecular weight excluding hydrogens is 295 g/mol. The topological polar surface area (TPSA) is 35.0 Å². The second-order valence-corrected chi connectivity index (χ2v) is 4.64. The van der Waals surface area contributed by atoms with Gasteiger partial charge in [-0.25, -0.2) is 0 Å². The molecule has 2 heterocycles. The first-order valence-electron chi connectivity index (χ1n) is 5.21. The second-order valence-electron chi connectivity index (χ2n) is 3.47. The Morgan fingerprint density at radius 2 is 1.94 bits per heavy atom. The molecule has 2 aromatic heterocycles. The summed E-state index contributed by atoms with van der Waals surface area (Å²) in [4.78, 5) is 8.15. The Kier molecular flexibility index (Phi) is 4.64. The third kappa shape index (κ3) is 3.48. The van der Waals surface area contributed by atoms with E-state index in [2.05, 4.69) is 9.97 Å². The van der Waals surface area contributed by atoms with Crippen LogP contribution in [0.2, 0.25) is 15.2 Å². The van der Waals surface area contributed by atoms with E-state index in [-0.39, 0.29) is 11.0 Å². The van der Waals surface area contributed by atoms with E-state index in [1.54, 1.807) is 6.20 Å². The minimum Gasteiger partial charge on any atom is -0.476 e. The number of aromatic nitrogens is 2. The van der Waals surface area contributed by atoms with Crippen molar-refractivity contribution in [1.82, 2.24) is 9.97 Å². The summed E-state index contributed by atoms with van der Waals surface area (Å²) in [5.41, 5.74) is 0.939. The van der Waals surface area contributed by atoms with Gasteiger partial charge in [0.15, 0.2) is 5.15 Å². The Labute approximate surface area is 120 Å². The first kappa shape index (κ1) is 13.4. The molecule has 2 aromatic rings. The molecule has 6 heteroatoms. The smallest absolute Gasteiger partial charge is 0.234 e. The minimum absolute atomic E-state index is 0.175. The van der Waals surface area contributed by atoms with Crippen LogP contribution in [0.5, 0.6) is 5.88 Å². The summed E-state index contributed by atoms with van der Waals surface area (Å²) in [5, 5.41) is 0.818. The van der Waals surface area contributed by atoms with Crippen LogP contribution < -0.4 is 4.74 Å². The monoisotopic (exact) mass is 302 g/mol. The maximum absolute atomic E-state index is 5.94. The summed E-state index contributed by atoms with van der Waals surface area (Å²) >= 11 is 17.5. The van der Waals surface area contributed by atoms with E-state index < -0.39 is 0 Å². The van der Waals surface area contributed by atoms with Gasteiger partial charge in [-0.15, -0.1) is 0 Å². The summed E-state index contributed by atoms with van der Waals surface area (Å²) < 4.78 is 5.45. The molecule has 0 amide bonds. The summed E-state index contributed by atoms with van der Waals surface area (Å²) in [6, 6.07) is 7.22. The fourth-order valence-corrected chi connectivity index (χ4v) is 1.87. The molecule has 18 heavy (non-hydrogen) atoms. The van der Waals surface area contributed by atoms with Crippen molar-refractivity contribution in [2.75, 3.05) is 6.61 Å². The molecule has 0 aliphatic carbocycles. The van der Waals surface area contributed by atoms with Crippen LogP contribution in [0, 0.1) is 0 Å². The van der Waals surface area contributed by atoms with Gasteiger partial charge < -0.3 is 4.74 Å². The molecule has 3 nitrogen and oxygen atoms in total. The van der Waals surface area contributed by atoms with E-state index in [0.717, 1.165) is 5.69 Å². The molecule has 0 radical (unpaired) electrons. The van der Waals surface area contributed by atoms with E-state index in [1.807, 2.05) is 18.2 Å². The van der Waals surface area contributed by atoms with Crippen molar-refractivity contribution in [3.05, 3.63) is 51.4 Å². The van der Waals surface area contributed by atoms with Crippen LogP contribution in [0.15, 0.2) is 30.5 Å². The Morgan fingerprint density at radius 1 is 1.11 bits per heavy atom. The fraction of sp³-hybridized carbons (Fsp3) is 0.167. The normalized spacial score (nSPS) is 10.4. The van der Waals surface area contributed by atoms with Gasteiger partial charge in [-0.2, -0.15) is 4.98 Å². The molecule has 0 N–H and O–H groups in total. The molecule has 0 saturated carbocycles. The lowest BCUT2D eigenvalue weighted by Gasteiger charge is -2.07. The molecule has 0 aliphatic rings. The molecule has 0 spiro atoms. The van der Waals surface area contributed by atoms with Crippen LogP contribution in [-0.4, -0.2) is 16.6 Å². The Balaban J connectivity index is 1.97. The number of hydrogen-bond donors (Lipinski definition) is 0. The quantitative estimate of drug-likeness (QED) is 0.799. The number of rotatable bonds is 4. The number of pyridine rings is 2. The van der Waals surface area contributed by atoms with Gasteiger partial charge in [0.25, 0.3) is 0 Å². The summed E-state index contributed by atoms with van der Waals surface area (Å²) in [6.07, 6.45) is 2.40. The Morgan fingerprint density at radius 3 is 2.67 bits per heavy atom. The molecule has 2 rings (SSSR count). The van der Waals surface area contributed by atoms with Crippen molar-refractivity contribution in [3.63, 3.8) is 0 Å². The fourth-order valence-electron chi connectivity index (χ4n) is 1.33. The lowest BCUT2D eigenvalue weighted by Crippen LogP contribution is -2.04. The lowest BCUT2D eigenvalue weighted by atomic mass is 10.3. The second kappa shape index (κ2) is 6.23. The third-order valence-corrected chi connectivity index (χ3v) is 3.12. The van der Waals surface area contributed by atoms with Crippen molar-refractivity contribution in [1.29, 1.82) is 0 Å². The van der Waals surface area contributed by atoms with Gasteiger partial charge >= 0.3 is 0 Å². The molecular formula is C12H9Cl3N2O. The molecule has 94 valence electrons. The highest BCUT2D eigenvalue weighted by atomic mass is 35.5. The highest BCUT2D eigenvalue weighted by Gasteiger charge is 2.08. The maximum atomic E-state index is 5.94. The van der Waals surface area contributed by atoms with Crippen LogP contribution in [0.3, 0.4) is 0 Å². The first-order valence-corrected chi connectivity index (χ1v) is 6.34. The Bertz CT molecular complexity index is 534. The van der Waals surface area contributed by atoms with Gasteiger partial charge in [-0.05, 0) is 18.2 Å². The van der Waals surface area contributed by atoms with Crippen molar-refractivity contribution in [2.24, 2.45) is 0 Å². The van der Waals surface area contributed by atoms with Crippen molar-refractivity contribution >= 4 is 34.8 Å². The summed E-state index contributed by atoms with van der Waals surface area (Å²) in [5.74, 6) is 0.280. The number of halogens is 3. The zero-order chi connectivity index (χ0) is 13.0. The zero-order valence-electron chi connectivity index (χ0n) is 9.24. The van der Waals surface area contributed by atoms with Crippen molar-refractivity contribution < 1.29 is 4.74 Å². The van der Waals surface area contributed by atoms with Gasteiger partial charge in [0.2, 0.25) is 5.88 Å². The van der Waals surface area contributed by atoms with Crippen LogP contribution >= 0.6 is 34.8 Å². The van der Waals surface area contributed by atoms with Gasteiger partial charge in [-0.3, -0.25) is 4.98 Å². The largest absolute Gasteiger partial charge is 0.476 e. The summed E-state index contributed by atoms with van der Waals surface area (Å²) in [6.45, 7) is 0.418. The molecule has 0 aliphatic heterocycles. The highest BCUT2D eigenvalue weighted by Crippen LogP contribution is 2.30. The van der Waals surface area contributed by atoms with Crippen LogP contribution in [0.1, 0.15) is 5.69 Å². The van der Waals surface area contributed by atoms with E-state index >= 15 is 0 Å². The van der Waals surface area contributed by atoms with Crippen molar-refractivity contribution in [2.45, 2.75) is 6.42 Å². The van der Waals surface area contributed by atoms with Gasteiger partial charge in [0.05, 0.1) is 11.6 Å². The molecule has 0 atom stereocenters. The van der Waals surface area contributed by atoms with E-state index in [4.69, 9.17) is 39.5 Å². The number of ether oxygens (including phenoxy) is 1. The van der Waals surface area contributed by atoms with Crippen LogP contribution in [0.25, 0.3) is 0 Å². The van der Waals surface area contributed by atoms with E-state index in [9.17, 15) is 0 Å². The zero-order valence-corrected chi connectivity index (χ0v) is 11.5. The van der Waals surface area contributed by atoms with E-state index in [0.29, 0.717) is 23.1 Å². The van der Waals surface area contributed by atoms with E-state index in [1.165, 1.54) is 6.07 Å². The lowest BCUT2D eigenvalue weighted by molar-refractivity contribution is 0.308. The molecule has 0 fully saturated rings. The Hall–Kier alpha value is -1.03. The van der Waals surface area contributed by atoms with Gasteiger partial charge in [0, 0.05) is 18.3 Å². The average Bonchev–Trinajstić information content (AvgIpc) is 2.37. The average molecular weight is 304 g/mol. The summed E-state index contributed by atoms with van der Waals surface area (Å²) in [7, 11) is 0. The molecule has 0 bridgehead atoms. The number of nitrogens with zero attached hydrogens (tertiary/aromatic N) is 2. The van der Waals surface area contributed by atoms with Gasteiger partial charge in [0.1, 0.15) is 5.02 Å². The van der Waals surface area contributed by atoms with Crippen LogP contribution in [0.4, 0.5) is 0 Å². The molecule has 0 saturated heterocycles. The predicted octanol–water partition coefficient (Wildman–Crippen LogP) is 4.06. The molecule has 0 aromatic carbocycles. The predicted molar refractivity (Wildman–Crippen MR) is 72.7 cm³/mol. The van der Waals surface area contributed by atoms with Crippen molar-refractivity contribution in [3.8, 4) is 5.88 Å². The number of hydrogen-bond acceptors (Lipinski definition) is 3. The SMILES string of the molecule is Clc1cc(Cl)c(OCCc2ccccn2)nc1Cl. The minimum atomic E-state index is 0.175.